The maximum atomic E-state index is 11.3. The molecule has 0 atom stereocenters. The van der Waals surface area contributed by atoms with E-state index in [9.17, 15) is 9.59 Å². The SMILES string of the molecule is CC(C)(C)OC(=O)NCc1ccc[nH]c1=O. The number of carbonyl (C=O) groups excluding carboxylic acids is 1. The molecular weight excluding hydrogens is 208 g/mol. The van der Waals surface area contributed by atoms with Gasteiger partial charge in [-0.05, 0) is 26.8 Å². The molecule has 0 fully saturated rings. The second-order valence-corrected chi connectivity index (χ2v) is 4.38. The summed E-state index contributed by atoms with van der Waals surface area (Å²) in [5.41, 5.74) is -0.250. The van der Waals surface area contributed by atoms with Crippen LogP contribution in [0, 0.1) is 0 Å². The molecule has 0 saturated carbocycles. The lowest BCUT2D eigenvalue weighted by atomic mass is 10.2. The van der Waals surface area contributed by atoms with Crippen molar-refractivity contribution in [1.29, 1.82) is 0 Å². The van der Waals surface area contributed by atoms with Crippen LogP contribution in [0.25, 0.3) is 0 Å². The normalized spacial score (nSPS) is 10.9. The van der Waals surface area contributed by atoms with Crippen LogP contribution in [0.1, 0.15) is 26.3 Å². The van der Waals surface area contributed by atoms with Crippen LogP contribution >= 0.6 is 0 Å². The molecule has 1 aromatic heterocycles. The molecule has 0 radical (unpaired) electrons. The first-order valence-electron chi connectivity index (χ1n) is 5.02. The number of rotatable bonds is 2. The van der Waals surface area contributed by atoms with Crippen LogP contribution in [0.15, 0.2) is 23.1 Å². The molecule has 0 spiro atoms. The maximum absolute atomic E-state index is 11.3. The van der Waals surface area contributed by atoms with Crippen molar-refractivity contribution < 1.29 is 9.53 Å². The minimum Gasteiger partial charge on any atom is -0.444 e. The van der Waals surface area contributed by atoms with Gasteiger partial charge >= 0.3 is 6.09 Å². The van der Waals surface area contributed by atoms with Gasteiger partial charge in [0.2, 0.25) is 0 Å². The van der Waals surface area contributed by atoms with Crippen LogP contribution in [-0.4, -0.2) is 16.7 Å². The summed E-state index contributed by atoms with van der Waals surface area (Å²) in [6.07, 6.45) is 1.01. The number of ether oxygens (including phenoxy) is 1. The molecule has 1 amide bonds. The maximum Gasteiger partial charge on any atom is 0.407 e. The topological polar surface area (TPSA) is 71.2 Å². The van der Waals surface area contributed by atoms with Crippen LogP contribution in [0.5, 0.6) is 0 Å². The Balaban J connectivity index is 2.50. The Bertz CT molecular complexity index is 418. The molecular formula is C11H16N2O3. The average Bonchev–Trinajstić information content (AvgIpc) is 2.14. The minimum absolute atomic E-state index is 0.158. The average molecular weight is 224 g/mol. The smallest absolute Gasteiger partial charge is 0.407 e. The minimum atomic E-state index is -0.535. The van der Waals surface area contributed by atoms with Gasteiger partial charge in [0.1, 0.15) is 5.60 Å². The molecule has 0 bridgehead atoms. The quantitative estimate of drug-likeness (QED) is 0.797. The Kier molecular flexibility index (Phi) is 3.71. The van der Waals surface area contributed by atoms with Gasteiger partial charge in [-0.2, -0.15) is 0 Å². The number of H-pyrrole nitrogens is 1. The van der Waals surface area contributed by atoms with E-state index in [0.717, 1.165) is 0 Å². The molecule has 1 aromatic rings. The highest BCUT2D eigenvalue weighted by Crippen LogP contribution is 2.06. The largest absolute Gasteiger partial charge is 0.444 e. The Morgan fingerprint density at radius 2 is 2.19 bits per heavy atom. The summed E-state index contributed by atoms with van der Waals surface area (Å²) < 4.78 is 5.04. The predicted molar refractivity (Wildman–Crippen MR) is 60.1 cm³/mol. The molecule has 16 heavy (non-hydrogen) atoms. The van der Waals surface area contributed by atoms with Gasteiger partial charge in [-0.1, -0.05) is 6.07 Å². The number of aromatic amines is 1. The first kappa shape index (κ1) is 12.3. The summed E-state index contributed by atoms with van der Waals surface area (Å²) >= 11 is 0. The van der Waals surface area contributed by atoms with Crippen LogP contribution < -0.4 is 10.9 Å². The van der Waals surface area contributed by atoms with E-state index in [1.165, 1.54) is 0 Å². The summed E-state index contributed by atoms with van der Waals surface area (Å²) in [4.78, 5) is 25.1. The van der Waals surface area contributed by atoms with Crippen LogP contribution in [0.4, 0.5) is 4.79 Å². The van der Waals surface area contributed by atoms with E-state index in [1.54, 1.807) is 39.1 Å². The fraction of sp³-hybridized carbons (Fsp3) is 0.455. The van der Waals surface area contributed by atoms with E-state index in [0.29, 0.717) is 5.56 Å². The number of hydrogen-bond donors (Lipinski definition) is 2. The van der Waals surface area contributed by atoms with Crippen molar-refractivity contribution in [3.05, 3.63) is 34.2 Å². The second-order valence-electron chi connectivity index (χ2n) is 4.38. The predicted octanol–water partition coefficient (Wildman–Crippen LogP) is 1.40. The van der Waals surface area contributed by atoms with Crippen LogP contribution in [0.2, 0.25) is 0 Å². The molecule has 0 aliphatic carbocycles. The lowest BCUT2D eigenvalue weighted by molar-refractivity contribution is 0.0523. The van der Waals surface area contributed by atoms with E-state index >= 15 is 0 Å². The van der Waals surface area contributed by atoms with Gasteiger partial charge in [0.05, 0.1) is 6.54 Å². The van der Waals surface area contributed by atoms with Crippen molar-refractivity contribution in [3.63, 3.8) is 0 Å². The van der Waals surface area contributed by atoms with Crippen molar-refractivity contribution in [2.45, 2.75) is 32.9 Å². The molecule has 0 aliphatic heterocycles. The van der Waals surface area contributed by atoms with Crippen molar-refractivity contribution in [2.75, 3.05) is 0 Å². The summed E-state index contributed by atoms with van der Waals surface area (Å²) in [7, 11) is 0. The van der Waals surface area contributed by atoms with E-state index in [1.807, 2.05) is 0 Å². The molecule has 0 saturated heterocycles. The molecule has 1 rings (SSSR count). The third kappa shape index (κ3) is 4.16. The Morgan fingerprint density at radius 1 is 1.50 bits per heavy atom. The fourth-order valence-electron chi connectivity index (χ4n) is 1.08. The Labute approximate surface area is 93.8 Å². The van der Waals surface area contributed by atoms with Gasteiger partial charge in [0.15, 0.2) is 0 Å². The van der Waals surface area contributed by atoms with Crippen molar-refractivity contribution in [1.82, 2.24) is 10.3 Å². The molecule has 0 aromatic carbocycles. The highest BCUT2D eigenvalue weighted by Gasteiger charge is 2.15. The number of nitrogens with one attached hydrogen (secondary N) is 2. The van der Waals surface area contributed by atoms with Crippen molar-refractivity contribution in [3.8, 4) is 0 Å². The van der Waals surface area contributed by atoms with E-state index in [-0.39, 0.29) is 12.1 Å². The highest BCUT2D eigenvalue weighted by atomic mass is 16.6. The molecule has 5 heteroatoms. The molecule has 0 aliphatic rings. The summed E-state index contributed by atoms with van der Waals surface area (Å²) in [5.74, 6) is 0. The van der Waals surface area contributed by atoms with E-state index < -0.39 is 11.7 Å². The zero-order valence-corrected chi connectivity index (χ0v) is 9.66. The zero-order valence-electron chi connectivity index (χ0n) is 9.66. The Hall–Kier alpha value is -1.78. The third-order valence-electron chi connectivity index (χ3n) is 1.72. The molecule has 2 N–H and O–H groups in total. The van der Waals surface area contributed by atoms with Crippen molar-refractivity contribution >= 4 is 6.09 Å². The van der Waals surface area contributed by atoms with Gasteiger partial charge in [-0.15, -0.1) is 0 Å². The standard InChI is InChI=1S/C11H16N2O3/c1-11(2,3)16-10(15)13-7-8-5-4-6-12-9(8)14/h4-6H,7H2,1-3H3,(H,12,14)(H,13,15). The van der Waals surface area contributed by atoms with Gasteiger partial charge in [0.25, 0.3) is 5.56 Å². The zero-order chi connectivity index (χ0) is 12.2. The number of hydrogen-bond acceptors (Lipinski definition) is 3. The Morgan fingerprint density at radius 3 is 2.75 bits per heavy atom. The number of carbonyl (C=O) groups is 1. The highest BCUT2D eigenvalue weighted by molar-refractivity contribution is 5.67. The number of aromatic nitrogens is 1. The van der Waals surface area contributed by atoms with E-state index in [4.69, 9.17) is 4.74 Å². The van der Waals surface area contributed by atoms with Crippen LogP contribution in [0.3, 0.4) is 0 Å². The first-order valence-corrected chi connectivity index (χ1v) is 5.02. The summed E-state index contributed by atoms with van der Waals surface area (Å²) in [6.45, 7) is 5.50. The number of amides is 1. The number of pyridine rings is 1. The van der Waals surface area contributed by atoms with Gasteiger partial charge in [0, 0.05) is 11.8 Å². The van der Waals surface area contributed by atoms with Gasteiger partial charge in [-0.3, -0.25) is 4.79 Å². The molecule has 0 unspecified atom stereocenters. The summed E-state index contributed by atoms with van der Waals surface area (Å²) in [6, 6.07) is 3.35. The van der Waals surface area contributed by atoms with Crippen molar-refractivity contribution in [2.24, 2.45) is 0 Å². The fourth-order valence-corrected chi connectivity index (χ4v) is 1.08. The number of alkyl carbamates (subject to hydrolysis) is 1. The molecule has 5 nitrogen and oxygen atoms in total. The molecule has 88 valence electrons. The summed E-state index contributed by atoms with van der Waals surface area (Å²) in [5, 5.41) is 2.52. The van der Waals surface area contributed by atoms with Gasteiger partial charge in [-0.25, -0.2) is 4.79 Å². The first-order chi connectivity index (χ1) is 7.38. The van der Waals surface area contributed by atoms with Crippen LogP contribution in [-0.2, 0) is 11.3 Å². The molecule has 1 heterocycles. The lowest BCUT2D eigenvalue weighted by Gasteiger charge is -2.19. The second kappa shape index (κ2) is 4.83. The van der Waals surface area contributed by atoms with Gasteiger partial charge < -0.3 is 15.0 Å². The lowest BCUT2D eigenvalue weighted by Crippen LogP contribution is -2.33. The monoisotopic (exact) mass is 224 g/mol. The third-order valence-corrected chi connectivity index (χ3v) is 1.72. The van der Waals surface area contributed by atoms with E-state index in [2.05, 4.69) is 10.3 Å².